The summed E-state index contributed by atoms with van der Waals surface area (Å²) in [7, 11) is 0. The first-order chi connectivity index (χ1) is 10.1. The number of hydrogen-bond acceptors (Lipinski definition) is 4. The molecule has 0 aliphatic rings. The summed E-state index contributed by atoms with van der Waals surface area (Å²) in [6, 6.07) is 10.4. The first-order valence-electron chi connectivity index (χ1n) is 7.21. The minimum Gasteiger partial charge on any atom is -0.491 e. The van der Waals surface area contributed by atoms with E-state index in [1.165, 1.54) is 10.4 Å². The third-order valence-electron chi connectivity index (χ3n) is 3.39. The number of rotatable bonds is 7. The molecule has 0 saturated heterocycles. The lowest BCUT2D eigenvalue weighted by Crippen LogP contribution is -2.32. The third kappa shape index (κ3) is 4.84. The summed E-state index contributed by atoms with van der Waals surface area (Å²) >= 11 is 1.72. The van der Waals surface area contributed by atoms with Gasteiger partial charge in [0.15, 0.2) is 0 Å². The number of thiophene rings is 1. The van der Waals surface area contributed by atoms with Gasteiger partial charge in [-0.3, -0.25) is 0 Å². The van der Waals surface area contributed by atoms with Crippen molar-refractivity contribution in [2.75, 3.05) is 13.2 Å². The van der Waals surface area contributed by atoms with Gasteiger partial charge in [-0.2, -0.15) is 0 Å². The molecule has 114 valence electrons. The van der Waals surface area contributed by atoms with E-state index in [4.69, 9.17) is 4.74 Å². The van der Waals surface area contributed by atoms with Crippen LogP contribution in [0, 0.1) is 13.8 Å². The fourth-order valence-electron chi connectivity index (χ4n) is 2.16. The Morgan fingerprint density at radius 3 is 2.76 bits per heavy atom. The fourth-order valence-corrected chi connectivity index (χ4v) is 2.92. The van der Waals surface area contributed by atoms with E-state index in [0.29, 0.717) is 13.2 Å². The number of ether oxygens (including phenoxy) is 1. The van der Waals surface area contributed by atoms with Crippen molar-refractivity contribution >= 4 is 11.3 Å². The van der Waals surface area contributed by atoms with Gasteiger partial charge in [0, 0.05) is 17.5 Å². The normalized spacial score (nSPS) is 13.9. The van der Waals surface area contributed by atoms with Crippen molar-refractivity contribution in [3.63, 3.8) is 0 Å². The van der Waals surface area contributed by atoms with Crippen LogP contribution in [0.15, 0.2) is 35.7 Å². The number of benzene rings is 1. The molecule has 21 heavy (non-hydrogen) atoms. The average molecular weight is 305 g/mol. The van der Waals surface area contributed by atoms with Crippen molar-refractivity contribution < 1.29 is 9.84 Å². The molecular weight excluding hydrogens is 282 g/mol. The molecule has 0 bridgehead atoms. The van der Waals surface area contributed by atoms with E-state index < -0.39 is 6.10 Å². The Hall–Kier alpha value is -1.36. The molecule has 4 heteroatoms. The molecule has 2 N–H and O–H groups in total. The van der Waals surface area contributed by atoms with Crippen molar-refractivity contribution in [1.29, 1.82) is 0 Å². The van der Waals surface area contributed by atoms with Crippen molar-refractivity contribution in [2.24, 2.45) is 0 Å². The zero-order valence-corrected chi connectivity index (χ0v) is 13.6. The average Bonchev–Trinajstić information content (AvgIpc) is 2.98. The zero-order valence-electron chi connectivity index (χ0n) is 12.8. The largest absolute Gasteiger partial charge is 0.491 e. The molecule has 3 nitrogen and oxygen atoms in total. The Morgan fingerprint density at radius 2 is 2.10 bits per heavy atom. The maximum absolute atomic E-state index is 10.0. The lowest BCUT2D eigenvalue weighted by Gasteiger charge is -2.17. The van der Waals surface area contributed by atoms with E-state index in [-0.39, 0.29) is 6.04 Å². The van der Waals surface area contributed by atoms with Gasteiger partial charge in [-0.15, -0.1) is 11.3 Å². The maximum atomic E-state index is 10.0. The molecule has 2 atom stereocenters. The minimum absolute atomic E-state index is 0.251. The molecule has 1 aromatic heterocycles. The van der Waals surface area contributed by atoms with Crippen LogP contribution in [0.1, 0.15) is 29.0 Å². The molecule has 0 aliphatic carbocycles. The van der Waals surface area contributed by atoms with Gasteiger partial charge in [0.2, 0.25) is 0 Å². The van der Waals surface area contributed by atoms with Crippen LogP contribution in [0.25, 0.3) is 0 Å². The van der Waals surface area contributed by atoms with Crippen LogP contribution >= 0.6 is 11.3 Å². The van der Waals surface area contributed by atoms with E-state index in [9.17, 15) is 5.11 Å². The predicted octanol–water partition coefficient (Wildman–Crippen LogP) is 3.46. The third-order valence-corrected chi connectivity index (χ3v) is 4.45. The highest BCUT2D eigenvalue weighted by atomic mass is 32.1. The Labute approximate surface area is 130 Å². The molecule has 2 aromatic rings. The van der Waals surface area contributed by atoms with E-state index in [0.717, 1.165) is 11.3 Å². The second-order valence-corrected chi connectivity index (χ2v) is 6.36. The van der Waals surface area contributed by atoms with Crippen LogP contribution in [0.4, 0.5) is 0 Å². The summed E-state index contributed by atoms with van der Waals surface area (Å²) < 4.78 is 5.69. The molecule has 0 spiro atoms. The molecule has 2 rings (SSSR count). The highest BCUT2D eigenvalue weighted by Crippen LogP contribution is 2.19. The lowest BCUT2D eigenvalue weighted by atomic mass is 10.1. The van der Waals surface area contributed by atoms with Crippen molar-refractivity contribution in [3.05, 3.63) is 51.7 Å². The number of nitrogens with one attached hydrogen (secondary N) is 1. The molecule has 0 saturated carbocycles. The molecule has 0 amide bonds. The van der Waals surface area contributed by atoms with Crippen molar-refractivity contribution in [2.45, 2.75) is 32.9 Å². The van der Waals surface area contributed by atoms with E-state index in [1.54, 1.807) is 11.3 Å². The van der Waals surface area contributed by atoms with Crippen LogP contribution in [-0.2, 0) is 0 Å². The van der Waals surface area contributed by atoms with Crippen molar-refractivity contribution in [3.8, 4) is 5.75 Å². The molecule has 0 aliphatic heterocycles. The summed E-state index contributed by atoms with van der Waals surface area (Å²) in [5.74, 6) is 0.839. The van der Waals surface area contributed by atoms with Gasteiger partial charge in [-0.05, 0) is 43.8 Å². The maximum Gasteiger partial charge on any atom is 0.122 e. The van der Waals surface area contributed by atoms with Crippen LogP contribution in [0.5, 0.6) is 5.75 Å². The van der Waals surface area contributed by atoms with Gasteiger partial charge in [0.1, 0.15) is 18.5 Å². The first kappa shape index (κ1) is 16.0. The standard InChI is InChI=1S/C17H23NO2S/c1-12-6-7-16(13(2)9-12)20-11-15(19)10-18-14(3)17-5-4-8-21-17/h4-9,14-15,18-19H,10-11H2,1-3H3. The molecule has 2 unspecified atom stereocenters. The zero-order chi connectivity index (χ0) is 15.2. The van der Waals surface area contributed by atoms with Crippen LogP contribution in [-0.4, -0.2) is 24.4 Å². The van der Waals surface area contributed by atoms with Gasteiger partial charge >= 0.3 is 0 Å². The van der Waals surface area contributed by atoms with Gasteiger partial charge in [-0.25, -0.2) is 0 Å². The smallest absolute Gasteiger partial charge is 0.122 e. The summed E-state index contributed by atoms with van der Waals surface area (Å²) in [6.45, 7) is 6.99. The summed E-state index contributed by atoms with van der Waals surface area (Å²) in [4.78, 5) is 1.28. The molecule has 1 heterocycles. The Kier molecular flexibility index (Phi) is 5.79. The van der Waals surface area contributed by atoms with Crippen molar-refractivity contribution in [1.82, 2.24) is 5.32 Å². The minimum atomic E-state index is -0.520. The van der Waals surface area contributed by atoms with Crippen LogP contribution in [0.2, 0.25) is 0 Å². The van der Waals surface area contributed by atoms with Gasteiger partial charge in [0.05, 0.1) is 0 Å². The monoisotopic (exact) mass is 305 g/mol. The van der Waals surface area contributed by atoms with Gasteiger partial charge in [0.25, 0.3) is 0 Å². The molecule has 0 radical (unpaired) electrons. The Bertz CT molecular complexity index is 554. The molecular formula is C17H23NO2S. The van der Waals surface area contributed by atoms with Crippen LogP contribution < -0.4 is 10.1 Å². The summed E-state index contributed by atoms with van der Waals surface area (Å²) in [5, 5.41) is 15.4. The summed E-state index contributed by atoms with van der Waals surface area (Å²) in [5.41, 5.74) is 2.31. The van der Waals surface area contributed by atoms with Crippen LogP contribution in [0.3, 0.4) is 0 Å². The second kappa shape index (κ2) is 7.59. The quantitative estimate of drug-likeness (QED) is 0.823. The van der Waals surface area contributed by atoms with E-state index >= 15 is 0 Å². The van der Waals surface area contributed by atoms with Gasteiger partial charge < -0.3 is 15.2 Å². The number of aliphatic hydroxyl groups excluding tert-OH is 1. The first-order valence-corrected chi connectivity index (χ1v) is 8.09. The SMILES string of the molecule is Cc1ccc(OCC(O)CNC(C)c2cccs2)c(C)c1. The number of aliphatic hydroxyl groups is 1. The number of hydrogen-bond donors (Lipinski definition) is 2. The number of aryl methyl sites for hydroxylation is 2. The highest BCUT2D eigenvalue weighted by molar-refractivity contribution is 7.10. The second-order valence-electron chi connectivity index (χ2n) is 5.38. The fraction of sp³-hybridized carbons (Fsp3) is 0.412. The topological polar surface area (TPSA) is 41.5 Å². The Balaban J connectivity index is 1.75. The van der Waals surface area contributed by atoms with E-state index in [2.05, 4.69) is 36.7 Å². The van der Waals surface area contributed by atoms with E-state index in [1.807, 2.05) is 25.1 Å². The Morgan fingerprint density at radius 1 is 1.29 bits per heavy atom. The van der Waals surface area contributed by atoms with Gasteiger partial charge in [-0.1, -0.05) is 23.8 Å². The lowest BCUT2D eigenvalue weighted by molar-refractivity contribution is 0.104. The highest BCUT2D eigenvalue weighted by Gasteiger charge is 2.10. The molecule has 0 fully saturated rings. The predicted molar refractivity (Wildman–Crippen MR) is 88.2 cm³/mol. The molecule has 1 aromatic carbocycles. The summed E-state index contributed by atoms with van der Waals surface area (Å²) in [6.07, 6.45) is -0.520.